The van der Waals surface area contributed by atoms with Crippen molar-refractivity contribution in [2.24, 2.45) is 0 Å². The molecule has 0 spiro atoms. The van der Waals surface area contributed by atoms with E-state index in [-0.39, 0.29) is 11.7 Å². The first-order valence-electron chi connectivity index (χ1n) is 6.02. The fourth-order valence-electron chi connectivity index (χ4n) is 2.09. The number of hydrogen-bond donors (Lipinski definition) is 1. The molecule has 1 aromatic rings. The third-order valence-electron chi connectivity index (χ3n) is 3.07. The molecule has 1 heterocycles. The molecule has 2 rings (SSSR count). The summed E-state index contributed by atoms with van der Waals surface area (Å²) in [5.74, 6) is 0.293. The van der Waals surface area contributed by atoms with Gasteiger partial charge in [0.2, 0.25) is 0 Å². The standard InChI is InChI=1S/C13H16F3NO/c1-9-4-5-10(7-12(9)13(14,15)16)18-11-3-2-6-17-8-11/h4-5,7,11,17H,2-3,6,8H2,1H3. The van der Waals surface area contributed by atoms with Gasteiger partial charge in [-0.25, -0.2) is 0 Å². The number of piperidine rings is 1. The summed E-state index contributed by atoms with van der Waals surface area (Å²) in [7, 11) is 0. The van der Waals surface area contributed by atoms with Gasteiger partial charge < -0.3 is 10.1 Å². The molecule has 1 unspecified atom stereocenters. The highest BCUT2D eigenvalue weighted by atomic mass is 19.4. The van der Waals surface area contributed by atoms with Gasteiger partial charge in [0, 0.05) is 6.54 Å². The van der Waals surface area contributed by atoms with Crippen LogP contribution in [0.1, 0.15) is 24.0 Å². The number of aryl methyl sites for hydroxylation is 1. The zero-order valence-corrected chi connectivity index (χ0v) is 10.2. The van der Waals surface area contributed by atoms with Gasteiger partial charge in [0.15, 0.2) is 0 Å². The number of rotatable bonds is 2. The molecule has 18 heavy (non-hydrogen) atoms. The fraction of sp³-hybridized carbons (Fsp3) is 0.538. The van der Waals surface area contributed by atoms with E-state index in [1.807, 2.05) is 0 Å². The number of alkyl halides is 3. The highest BCUT2D eigenvalue weighted by Gasteiger charge is 2.32. The third kappa shape index (κ3) is 3.16. The maximum atomic E-state index is 12.7. The molecule has 1 fully saturated rings. The fourth-order valence-corrected chi connectivity index (χ4v) is 2.09. The van der Waals surface area contributed by atoms with E-state index in [1.165, 1.54) is 13.0 Å². The van der Waals surface area contributed by atoms with Gasteiger partial charge in [0.05, 0.1) is 5.56 Å². The SMILES string of the molecule is Cc1ccc(OC2CCCNC2)cc1C(F)(F)F. The van der Waals surface area contributed by atoms with Gasteiger partial charge in [-0.2, -0.15) is 13.2 Å². The Labute approximate surface area is 104 Å². The van der Waals surface area contributed by atoms with Gasteiger partial charge in [-0.1, -0.05) is 6.07 Å². The predicted molar refractivity (Wildman–Crippen MR) is 62.7 cm³/mol. The van der Waals surface area contributed by atoms with Gasteiger partial charge in [-0.15, -0.1) is 0 Å². The van der Waals surface area contributed by atoms with Crippen LogP contribution in [0.2, 0.25) is 0 Å². The van der Waals surface area contributed by atoms with Crippen molar-refractivity contribution >= 4 is 0 Å². The zero-order chi connectivity index (χ0) is 13.2. The van der Waals surface area contributed by atoms with Crippen molar-refractivity contribution in [3.8, 4) is 5.75 Å². The van der Waals surface area contributed by atoms with E-state index in [0.29, 0.717) is 12.3 Å². The maximum Gasteiger partial charge on any atom is 0.416 e. The summed E-state index contributed by atoms with van der Waals surface area (Å²) in [5.41, 5.74) is -0.402. The summed E-state index contributed by atoms with van der Waals surface area (Å²) < 4.78 is 43.8. The van der Waals surface area contributed by atoms with Crippen LogP contribution in [0.25, 0.3) is 0 Å². The molecule has 1 aromatic carbocycles. The molecular formula is C13H16F3NO. The molecule has 0 radical (unpaired) electrons. The molecular weight excluding hydrogens is 243 g/mol. The number of nitrogens with one attached hydrogen (secondary N) is 1. The number of benzene rings is 1. The zero-order valence-electron chi connectivity index (χ0n) is 10.2. The van der Waals surface area contributed by atoms with Gasteiger partial charge in [-0.05, 0) is 44.0 Å². The highest BCUT2D eigenvalue weighted by molar-refractivity contribution is 5.36. The van der Waals surface area contributed by atoms with Crippen LogP contribution in [0.3, 0.4) is 0 Å². The van der Waals surface area contributed by atoms with Crippen molar-refractivity contribution < 1.29 is 17.9 Å². The van der Waals surface area contributed by atoms with Crippen LogP contribution in [0.5, 0.6) is 5.75 Å². The molecule has 5 heteroatoms. The van der Waals surface area contributed by atoms with Gasteiger partial charge in [-0.3, -0.25) is 0 Å². The smallest absolute Gasteiger partial charge is 0.416 e. The summed E-state index contributed by atoms with van der Waals surface area (Å²) in [5, 5.41) is 3.16. The van der Waals surface area contributed by atoms with Crippen LogP contribution in [-0.4, -0.2) is 19.2 Å². The Morgan fingerprint density at radius 3 is 2.72 bits per heavy atom. The lowest BCUT2D eigenvalue weighted by molar-refractivity contribution is -0.138. The van der Waals surface area contributed by atoms with Crippen molar-refractivity contribution in [1.82, 2.24) is 5.32 Å². The molecule has 0 aliphatic carbocycles. The Morgan fingerprint density at radius 1 is 1.33 bits per heavy atom. The number of hydrogen-bond acceptors (Lipinski definition) is 2. The number of ether oxygens (including phenoxy) is 1. The predicted octanol–water partition coefficient (Wildman–Crippen LogP) is 3.14. The van der Waals surface area contributed by atoms with E-state index in [9.17, 15) is 13.2 Å². The second-order valence-electron chi connectivity index (χ2n) is 4.56. The highest BCUT2D eigenvalue weighted by Crippen LogP contribution is 2.34. The van der Waals surface area contributed by atoms with E-state index >= 15 is 0 Å². The Morgan fingerprint density at radius 2 is 2.11 bits per heavy atom. The third-order valence-corrected chi connectivity index (χ3v) is 3.07. The molecule has 0 bridgehead atoms. The quantitative estimate of drug-likeness (QED) is 0.881. The Balaban J connectivity index is 2.14. The first kappa shape index (κ1) is 13.2. The molecule has 1 N–H and O–H groups in total. The minimum Gasteiger partial charge on any atom is -0.489 e. The molecule has 100 valence electrons. The minimum atomic E-state index is -4.33. The van der Waals surface area contributed by atoms with Crippen LogP contribution in [0.15, 0.2) is 18.2 Å². The number of halogens is 3. The second-order valence-corrected chi connectivity index (χ2v) is 4.56. The Kier molecular flexibility index (Phi) is 3.80. The summed E-state index contributed by atoms with van der Waals surface area (Å²) in [6, 6.07) is 4.14. The molecule has 0 aromatic heterocycles. The van der Waals surface area contributed by atoms with E-state index in [0.717, 1.165) is 25.5 Å². The first-order chi connectivity index (χ1) is 8.47. The molecule has 0 saturated carbocycles. The van der Waals surface area contributed by atoms with Crippen LogP contribution in [-0.2, 0) is 6.18 Å². The van der Waals surface area contributed by atoms with Gasteiger partial charge in [0.25, 0.3) is 0 Å². The Bertz CT molecular complexity index is 411. The average Bonchev–Trinajstić information content (AvgIpc) is 2.31. The minimum absolute atomic E-state index is 0.0393. The summed E-state index contributed by atoms with van der Waals surface area (Å²) in [6.07, 6.45) is -2.50. The molecule has 0 amide bonds. The maximum absolute atomic E-state index is 12.7. The molecule has 1 atom stereocenters. The summed E-state index contributed by atoms with van der Waals surface area (Å²) in [6.45, 7) is 3.09. The lowest BCUT2D eigenvalue weighted by Gasteiger charge is -2.24. The van der Waals surface area contributed by atoms with E-state index in [2.05, 4.69) is 5.32 Å². The van der Waals surface area contributed by atoms with E-state index < -0.39 is 11.7 Å². The van der Waals surface area contributed by atoms with Crippen LogP contribution >= 0.6 is 0 Å². The molecule has 1 saturated heterocycles. The van der Waals surface area contributed by atoms with Crippen molar-refractivity contribution in [3.05, 3.63) is 29.3 Å². The van der Waals surface area contributed by atoms with Crippen molar-refractivity contribution in [3.63, 3.8) is 0 Å². The topological polar surface area (TPSA) is 21.3 Å². The van der Waals surface area contributed by atoms with Gasteiger partial charge in [0.1, 0.15) is 11.9 Å². The average molecular weight is 259 g/mol. The molecule has 1 aliphatic heterocycles. The second kappa shape index (κ2) is 5.18. The monoisotopic (exact) mass is 259 g/mol. The van der Waals surface area contributed by atoms with Crippen LogP contribution in [0, 0.1) is 6.92 Å². The first-order valence-corrected chi connectivity index (χ1v) is 6.02. The Hall–Kier alpha value is -1.23. The van der Waals surface area contributed by atoms with E-state index in [4.69, 9.17) is 4.74 Å². The van der Waals surface area contributed by atoms with Gasteiger partial charge >= 0.3 is 6.18 Å². The molecule has 1 aliphatic rings. The van der Waals surface area contributed by atoms with Crippen molar-refractivity contribution in [2.45, 2.75) is 32.0 Å². The normalized spacial score (nSPS) is 20.8. The lowest BCUT2D eigenvalue weighted by Crippen LogP contribution is -2.37. The largest absolute Gasteiger partial charge is 0.489 e. The summed E-state index contributed by atoms with van der Waals surface area (Å²) in [4.78, 5) is 0. The van der Waals surface area contributed by atoms with Crippen molar-refractivity contribution in [1.29, 1.82) is 0 Å². The summed E-state index contributed by atoms with van der Waals surface area (Å²) >= 11 is 0. The van der Waals surface area contributed by atoms with Crippen molar-refractivity contribution in [2.75, 3.05) is 13.1 Å². The van der Waals surface area contributed by atoms with Crippen LogP contribution < -0.4 is 10.1 Å². The molecule has 2 nitrogen and oxygen atoms in total. The van der Waals surface area contributed by atoms with E-state index in [1.54, 1.807) is 6.07 Å². The lowest BCUT2D eigenvalue weighted by atomic mass is 10.1. The van der Waals surface area contributed by atoms with Crippen LogP contribution in [0.4, 0.5) is 13.2 Å².